The van der Waals surface area contributed by atoms with Gasteiger partial charge in [-0.2, -0.15) is 0 Å². The van der Waals surface area contributed by atoms with E-state index in [9.17, 15) is 24.5 Å². The highest BCUT2D eigenvalue weighted by Crippen LogP contribution is 2.33. The van der Waals surface area contributed by atoms with Gasteiger partial charge in [-0.25, -0.2) is 0 Å². The zero-order valence-electron chi connectivity index (χ0n) is 21.7. The van der Waals surface area contributed by atoms with Crippen molar-refractivity contribution in [2.24, 2.45) is 0 Å². The van der Waals surface area contributed by atoms with Gasteiger partial charge < -0.3 is 14.8 Å². The van der Waals surface area contributed by atoms with Crippen LogP contribution in [0.2, 0.25) is 0 Å². The maximum Gasteiger partial charge on any atom is 0.306 e. The molecule has 202 valence electrons. The molecule has 0 aliphatic carbocycles. The first-order chi connectivity index (χ1) is 19.3. The first kappa shape index (κ1) is 27.7. The number of nitro benzene ring substituents is 1. The summed E-state index contributed by atoms with van der Waals surface area (Å²) in [6.45, 7) is 0.988. The van der Waals surface area contributed by atoms with Crippen LogP contribution in [-0.4, -0.2) is 29.2 Å². The highest BCUT2D eigenvalue weighted by atomic mass is 16.6. The molecule has 4 rings (SSSR count). The Morgan fingerprint density at radius 3 is 2.27 bits per heavy atom. The zero-order valence-corrected chi connectivity index (χ0v) is 21.7. The van der Waals surface area contributed by atoms with E-state index in [1.165, 1.54) is 12.1 Å². The number of amides is 1. The molecule has 0 spiro atoms. The Balaban J connectivity index is 1.24. The first-order valence-corrected chi connectivity index (χ1v) is 12.5. The van der Waals surface area contributed by atoms with Crippen molar-refractivity contribution in [1.82, 2.24) is 0 Å². The second-order valence-corrected chi connectivity index (χ2v) is 8.88. The SMILES string of the molecule is Cc1ccc(C(=O)COC(=O)CCC(=O)Nc2ccc(Oc3ccccc3-c3ccccc3)cc2)cc1[N+](=O)[O-]. The Labute approximate surface area is 230 Å². The van der Waals surface area contributed by atoms with E-state index in [-0.39, 0.29) is 24.1 Å². The van der Waals surface area contributed by atoms with E-state index in [1.807, 2.05) is 54.6 Å². The van der Waals surface area contributed by atoms with Gasteiger partial charge in [-0.3, -0.25) is 24.5 Å². The minimum Gasteiger partial charge on any atom is -0.457 e. The lowest BCUT2D eigenvalue weighted by Gasteiger charge is -2.12. The summed E-state index contributed by atoms with van der Waals surface area (Å²) >= 11 is 0. The Morgan fingerprint density at radius 1 is 0.850 bits per heavy atom. The molecule has 1 amide bonds. The van der Waals surface area contributed by atoms with Gasteiger partial charge in [0, 0.05) is 34.9 Å². The Bertz CT molecular complexity index is 1530. The Hall–Kier alpha value is -5.31. The molecule has 0 atom stereocenters. The number of hydrogen-bond acceptors (Lipinski definition) is 7. The minimum atomic E-state index is -0.731. The molecule has 0 saturated heterocycles. The fraction of sp³-hybridized carbons (Fsp3) is 0.129. The van der Waals surface area contributed by atoms with E-state index in [1.54, 1.807) is 31.2 Å². The van der Waals surface area contributed by atoms with Crippen LogP contribution in [0.5, 0.6) is 11.5 Å². The van der Waals surface area contributed by atoms with Gasteiger partial charge in [0.2, 0.25) is 11.7 Å². The summed E-state index contributed by atoms with van der Waals surface area (Å²) in [5.41, 5.74) is 2.81. The van der Waals surface area contributed by atoms with E-state index in [0.717, 1.165) is 17.2 Å². The maximum absolute atomic E-state index is 12.3. The summed E-state index contributed by atoms with van der Waals surface area (Å²) < 4.78 is 11.0. The number of ketones is 1. The number of Topliss-reactive ketones (excluding diaryl/α,β-unsaturated/α-hetero) is 1. The third-order valence-electron chi connectivity index (χ3n) is 5.99. The largest absolute Gasteiger partial charge is 0.457 e. The van der Waals surface area contributed by atoms with Gasteiger partial charge >= 0.3 is 5.97 Å². The zero-order chi connectivity index (χ0) is 28.5. The number of carbonyl (C=O) groups excluding carboxylic acids is 3. The van der Waals surface area contributed by atoms with Crippen LogP contribution in [0.3, 0.4) is 0 Å². The Kier molecular flexibility index (Phi) is 8.99. The highest BCUT2D eigenvalue weighted by molar-refractivity contribution is 5.99. The van der Waals surface area contributed by atoms with E-state index in [2.05, 4.69) is 5.32 Å². The molecule has 9 heteroatoms. The molecule has 40 heavy (non-hydrogen) atoms. The number of hydrogen-bond donors (Lipinski definition) is 1. The fourth-order valence-corrected chi connectivity index (χ4v) is 3.87. The molecule has 0 saturated carbocycles. The third kappa shape index (κ3) is 7.38. The molecule has 0 aliphatic heterocycles. The quantitative estimate of drug-likeness (QED) is 0.0999. The van der Waals surface area contributed by atoms with Crippen molar-refractivity contribution in [3.8, 4) is 22.6 Å². The summed E-state index contributed by atoms with van der Waals surface area (Å²) in [6, 6.07) is 28.5. The molecule has 0 radical (unpaired) electrons. The molecule has 0 bridgehead atoms. The number of nitro groups is 1. The van der Waals surface area contributed by atoms with Gasteiger partial charge in [-0.1, -0.05) is 60.7 Å². The molecule has 0 unspecified atom stereocenters. The van der Waals surface area contributed by atoms with Gasteiger partial charge in [-0.15, -0.1) is 0 Å². The summed E-state index contributed by atoms with van der Waals surface area (Å²) in [5.74, 6) is -0.419. The summed E-state index contributed by atoms with van der Waals surface area (Å²) in [4.78, 5) is 47.1. The lowest BCUT2D eigenvalue weighted by atomic mass is 10.1. The van der Waals surface area contributed by atoms with Crippen LogP contribution >= 0.6 is 0 Å². The van der Waals surface area contributed by atoms with Crippen LogP contribution in [0, 0.1) is 17.0 Å². The molecule has 0 heterocycles. The van der Waals surface area contributed by atoms with Crippen molar-refractivity contribution in [2.45, 2.75) is 19.8 Å². The summed E-state index contributed by atoms with van der Waals surface area (Å²) in [7, 11) is 0. The molecular formula is C31H26N2O7. The number of benzene rings is 4. The number of carbonyl (C=O) groups is 3. The third-order valence-corrected chi connectivity index (χ3v) is 5.99. The maximum atomic E-state index is 12.3. The van der Waals surface area contributed by atoms with Crippen LogP contribution in [0.1, 0.15) is 28.8 Å². The number of nitrogens with one attached hydrogen (secondary N) is 1. The van der Waals surface area contributed by atoms with Gasteiger partial charge in [0.25, 0.3) is 5.69 Å². The van der Waals surface area contributed by atoms with Crippen molar-refractivity contribution in [3.63, 3.8) is 0 Å². The number of para-hydroxylation sites is 1. The average Bonchev–Trinajstić information content (AvgIpc) is 2.96. The van der Waals surface area contributed by atoms with Crippen LogP contribution in [0.25, 0.3) is 11.1 Å². The predicted octanol–water partition coefficient (Wildman–Crippen LogP) is 6.51. The van der Waals surface area contributed by atoms with E-state index in [4.69, 9.17) is 9.47 Å². The van der Waals surface area contributed by atoms with Gasteiger partial charge in [0.05, 0.1) is 11.3 Å². The van der Waals surface area contributed by atoms with Crippen molar-refractivity contribution >= 4 is 29.0 Å². The molecular weight excluding hydrogens is 512 g/mol. The van der Waals surface area contributed by atoms with Gasteiger partial charge in [0.1, 0.15) is 11.5 Å². The fourth-order valence-electron chi connectivity index (χ4n) is 3.87. The molecule has 9 nitrogen and oxygen atoms in total. The van der Waals surface area contributed by atoms with Gasteiger partial charge in [0.15, 0.2) is 6.61 Å². The van der Waals surface area contributed by atoms with Crippen LogP contribution in [0.15, 0.2) is 97.1 Å². The minimum absolute atomic E-state index is 0.0684. The molecule has 4 aromatic rings. The van der Waals surface area contributed by atoms with Crippen molar-refractivity contribution in [3.05, 3.63) is 118 Å². The van der Waals surface area contributed by atoms with Crippen molar-refractivity contribution in [2.75, 3.05) is 11.9 Å². The van der Waals surface area contributed by atoms with E-state index < -0.39 is 29.2 Å². The van der Waals surface area contributed by atoms with E-state index in [0.29, 0.717) is 22.7 Å². The number of anilines is 1. The summed E-state index contributed by atoms with van der Waals surface area (Å²) in [5, 5.41) is 13.8. The Morgan fingerprint density at radius 2 is 1.55 bits per heavy atom. The average molecular weight is 539 g/mol. The normalized spacial score (nSPS) is 10.4. The topological polar surface area (TPSA) is 125 Å². The van der Waals surface area contributed by atoms with E-state index >= 15 is 0 Å². The lowest BCUT2D eigenvalue weighted by molar-refractivity contribution is -0.385. The molecule has 0 fully saturated rings. The number of esters is 1. The number of rotatable bonds is 11. The second-order valence-electron chi connectivity index (χ2n) is 8.88. The summed E-state index contributed by atoms with van der Waals surface area (Å²) in [6.07, 6.45) is -0.379. The highest BCUT2D eigenvalue weighted by Gasteiger charge is 2.17. The smallest absolute Gasteiger partial charge is 0.306 e. The van der Waals surface area contributed by atoms with Crippen LogP contribution < -0.4 is 10.1 Å². The van der Waals surface area contributed by atoms with Crippen LogP contribution in [0.4, 0.5) is 11.4 Å². The van der Waals surface area contributed by atoms with Gasteiger partial charge in [-0.05, 0) is 42.8 Å². The first-order valence-electron chi connectivity index (χ1n) is 12.5. The van der Waals surface area contributed by atoms with Crippen molar-refractivity contribution in [1.29, 1.82) is 0 Å². The molecule has 0 aromatic heterocycles. The number of ether oxygens (including phenoxy) is 2. The number of nitrogens with zero attached hydrogens (tertiary/aromatic N) is 1. The molecule has 4 aromatic carbocycles. The predicted molar refractivity (Wildman–Crippen MR) is 149 cm³/mol. The number of aryl methyl sites for hydroxylation is 1. The molecule has 1 N–H and O–H groups in total. The monoisotopic (exact) mass is 538 g/mol. The lowest BCUT2D eigenvalue weighted by Crippen LogP contribution is -2.17. The second kappa shape index (κ2) is 13.0. The standard InChI is InChI=1S/C31H26N2O7/c1-21-11-12-23(19-27(21)33(37)38)28(34)20-39-31(36)18-17-30(35)32-24-13-15-25(16-14-24)40-29-10-6-5-9-26(29)22-7-3-2-4-8-22/h2-16,19H,17-18,20H2,1H3,(H,32,35). The molecule has 0 aliphatic rings. The van der Waals surface area contributed by atoms with Crippen LogP contribution in [-0.2, 0) is 14.3 Å². The van der Waals surface area contributed by atoms with Crippen molar-refractivity contribution < 1.29 is 28.8 Å².